The number of hydrogen-bond acceptors (Lipinski definition) is 3. The zero-order chi connectivity index (χ0) is 15.1. The Hall–Kier alpha value is -2.69. The number of carbonyl (C=O) groups is 2. The molecule has 2 aromatic heterocycles. The summed E-state index contributed by atoms with van der Waals surface area (Å²) < 4.78 is 1.79. The molecule has 0 radical (unpaired) electrons. The number of aryl methyl sites for hydroxylation is 2. The molecule has 0 aliphatic carbocycles. The molecular formula is C16H15N3O2. The largest absolute Gasteiger partial charge is 0.355 e. The van der Waals surface area contributed by atoms with Crippen molar-refractivity contribution in [2.24, 2.45) is 7.05 Å². The highest BCUT2D eigenvalue weighted by molar-refractivity contribution is 6.06. The minimum atomic E-state index is -0.0573. The fraction of sp³-hybridized carbons (Fsp3) is 0.188. The van der Waals surface area contributed by atoms with Crippen molar-refractivity contribution in [3.05, 3.63) is 41.3 Å². The van der Waals surface area contributed by atoms with Gasteiger partial charge in [-0.25, -0.2) is 0 Å². The Morgan fingerprint density at radius 1 is 1.38 bits per heavy atom. The first-order valence-corrected chi connectivity index (χ1v) is 6.63. The van der Waals surface area contributed by atoms with Crippen LogP contribution < -0.4 is 0 Å². The molecule has 3 rings (SSSR count). The predicted octanol–water partition coefficient (Wildman–Crippen LogP) is 2.89. The van der Waals surface area contributed by atoms with Crippen molar-refractivity contribution in [1.82, 2.24) is 14.8 Å². The van der Waals surface area contributed by atoms with Crippen LogP contribution in [0, 0.1) is 6.92 Å². The van der Waals surface area contributed by atoms with Gasteiger partial charge in [-0.15, -0.1) is 0 Å². The fourth-order valence-electron chi connectivity index (χ4n) is 2.80. The Bertz CT molecular complexity index is 871. The highest BCUT2D eigenvalue weighted by Gasteiger charge is 2.20. The van der Waals surface area contributed by atoms with Gasteiger partial charge in [-0.2, -0.15) is 5.10 Å². The van der Waals surface area contributed by atoms with E-state index in [1.54, 1.807) is 17.8 Å². The van der Waals surface area contributed by atoms with E-state index in [0.29, 0.717) is 22.5 Å². The number of fused-ring (bicyclic) bond motifs is 1. The molecule has 2 heterocycles. The van der Waals surface area contributed by atoms with E-state index in [0.717, 1.165) is 22.8 Å². The van der Waals surface area contributed by atoms with Gasteiger partial charge in [-0.3, -0.25) is 14.3 Å². The Morgan fingerprint density at radius 3 is 2.81 bits per heavy atom. The van der Waals surface area contributed by atoms with Crippen LogP contribution in [0.5, 0.6) is 0 Å². The van der Waals surface area contributed by atoms with Crippen LogP contribution in [0.2, 0.25) is 0 Å². The lowest BCUT2D eigenvalue weighted by atomic mass is 9.97. The number of nitrogens with one attached hydrogen (secondary N) is 1. The van der Waals surface area contributed by atoms with E-state index in [-0.39, 0.29) is 5.78 Å². The average Bonchev–Trinajstić information content (AvgIpc) is 2.99. The SMILES string of the molecule is CC(=O)c1c(C)[nH]c(C=O)c1-c1ccc2c(cnn2C)c1. The first kappa shape index (κ1) is 13.3. The number of rotatable bonds is 3. The molecule has 0 saturated heterocycles. The number of H-pyrrole nitrogens is 1. The van der Waals surface area contributed by atoms with Crippen LogP contribution in [-0.4, -0.2) is 26.8 Å². The van der Waals surface area contributed by atoms with Crippen molar-refractivity contribution >= 4 is 23.0 Å². The van der Waals surface area contributed by atoms with E-state index in [1.807, 2.05) is 25.2 Å². The predicted molar refractivity (Wildman–Crippen MR) is 80.6 cm³/mol. The van der Waals surface area contributed by atoms with Crippen molar-refractivity contribution in [2.75, 3.05) is 0 Å². The van der Waals surface area contributed by atoms with Crippen LogP contribution in [0.15, 0.2) is 24.4 Å². The van der Waals surface area contributed by atoms with Gasteiger partial charge in [0.25, 0.3) is 0 Å². The fourth-order valence-corrected chi connectivity index (χ4v) is 2.80. The number of ketones is 1. The Morgan fingerprint density at radius 2 is 2.14 bits per heavy atom. The lowest BCUT2D eigenvalue weighted by Crippen LogP contribution is -1.96. The summed E-state index contributed by atoms with van der Waals surface area (Å²) in [5.74, 6) is -0.0573. The summed E-state index contributed by atoms with van der Waals surface area (Å²) >= 11 is 0. The van der Waals surface area contributed by atoms with Crippen molar-refractivity contribution in [3.63, 3.8) is 0 Å². The van der Waals surface area contributed by atoms with Crippen molar-refractivity contribution in [2.45, 2.75) is 13.8 Å². The summed E-state index contributed by atoms with van der Waals surface area (Å²) in [5, 5.41) is 5.18. The number of Topliss-reactive ketones (excluding diaryl/α,β-unsaturated/α-hetero) is 1. The van der Waals surface area contributed by atoms with E-state index < -0.39 is 0 Å². The molecule has 21 heavy (non-hydrogen) atoms. The summed E-state index contributed by atoms with van der Waals surface area (Å²) in [6.45, 7) is 3.31. The molecular weight excluding hydrogens is 266 g/mol. The summed E-state index contributed by atoms with van der Waals surface area (Å²) in [7, 11) is 1.88. The van der Waals surface area contributed by atoms with Crippen molar-refractivity contribution < 1.29 is 9.59 Å². The molecule has 1 N–H and O–H groups in total. The summed E-state index contributed by atoms with van der Waals surface area (Å²) in [6.07, 6.45) is 2.52. The molecule has 1 aromatic carbocycles. The van der Waals surface area contributed by atoms with Gasteiger partial charge in [-0.1, -0.05) is 6.07 Å². The number of carbonyl (C=O) groups excluding carboxylic acids is 2. The Kier molecular flexibility index (Phi) is 2.97. The number of aromatic nitrogens is 3. The third-order valence-electron chi connectivity index (χ3n) is 3.72. The maximum Gasteiger partial charge on any atom is 0.166 e. The van der Waals surface area contributed by atoms with Crippen LogP contribution in [0.3, 0.4) is 0 Å². The van der Waals surface area contributed by atoms with Crippen LogP contribution >= 0.6 is 0 Å². The van der Waals surface area contributed by atoms with Gasteiger partial charge in [-0.05, 0) is 31.5 Å². The van der Waals surface area contributed by atoms with E-state index in [4.69, 9.17) is 0 Å². The monoisotopic (exact) mass is 281 g/mol. The van der Waals surface area contributed by atoms with Gasteiger partial charge in [0, 0.05) is 29.3 Å². The molecule has 0 aliphatic rings. The summed E-state index contributed by atoms with van der Waals surface area (Å²) in [6, 6.07) is 5.80. The smallest absolute Gasteiger partial charge is 0.166 e. The van der Waals surface area contributed by atoms with E-state index in [9.17, 15) is 9.59 Å². The molecule has 3 aromatic rings. The molecule has 0 bridgehead atoms. The van der Waals surface area contributed by atoms with Crippen LogP contribution in [0.25, 0.3) is 22.0 Å². The molecule has 0 amide bonds. The zero-order valence-electron chi connectivity index (χ0n) is 12.1. The van der Waals surface area contributed by atoms with Crippen LogP contribution in [0.4, 0.5) is 0 Å². The van der Waals surface area contributed by atoms with E-state index in [2.05, 4.69) is 10.1 Å². The molecule has 0 spiro atoms. The molecule has 0 aliphatic heterocycles. The standard InChI is InChI=1S/C16H15N3O2/c1-9-15(10(2)21)16(13(8-20)18-9)11-4-5-14-12(6-11)7-17-19(14)3/h4-8,18H,1-3H3. The third-order valence-corrected chi connectivity index (χ3v) is 3.72. The number of nitrogens with zero attached hydrogens (tertiary/aromatic N) is 2. The minimum absolute atomic E-state index is 0.0573. The molecule has 0 fully saturated rings. The molecule has 5 heteroatoms. The minimum Gasteiger partial charge on any atom is -0.355 e. The first-order valence-electron chi connectivity index (χ1n) is 6.63. The molecule has 0 atom stereocenters. The zero-order valence-corrected chi connectivity index (χ0v) is 12.1. The van der Waals surface area contributed by atoms with Gasteiger partial charge >= 0.3 is 0 Å². The van der Waals surface area contributed by atoms with Gasteiger partial charge in [0.2, 0.25) is 0 Å². The average molecular weight is 281 g/mol. The Balaban J connectivity index is 2.30. The highest BCUT2D eigenvalue weighted by atomic mass is 16.1. The lowest BCUT2D eigenvalue weighted by Gasteiger charge is -2.04. The maximum absolute atomic E-state index is 11.9. The number of hydrogen-bond donors (Lipinski definition) is 1. The number of benzene rings is 1. The topological polar surface area (TPSA) is 67.8 Å². The molecule has 0 unspecified atom stereocenters. The molecule has 106 valence electrons. The van der Waals surface area contributed by atoms with Gasteiger partial charge in [0.1, 0.15) is 0 Å². The first-order chi connectivity index (χ1) is 10.0. The maximum atomic E-state index is 11.9. The molecule has 0 saturated carbocycles. The van der Waals surface area contributed by atoms with Crippen LogP contribution in [-0.2, 0) is 7.05 Å². The van der Waals surface area contributed by atoms with Gasteiger partial charge in [0.15, 0.2) is 12.1 Å². The number of aldehydes is 1. The van der Waals surface area contributed by atoms with Crippen LogP contribution in [0.1, 0.15) is 33.5 Å². The quantitative estimate of drug-likeness (QED) is 0.593. The third kappa shape index (κ3) is 1.98. The van der Waals surface area contributed by atoms with Gasteiger partial charge < -0.3 is 4.98 Å². The normalized spacial score (nSPS) is 11.0. The highest BCUT2D eigenvalue weighted by Crippen LogP contribution is 2.32. The van der Waals surface area contributed by atoms with E-state index >= 15 is 0 Å². The van der Waals surface area contributed by atoms with Crippen molar-refractivity contribution in [1.29, 1.82) is 0 Å². The summed E-state index contributed by atoms with van der Waals surface area (Å²) in [4.78, 5) is 26.2. The summed E-state index contributed by atoms with van der Waals surface area (Å²) in [5.41, 5.74) is 4.23. The van der Waals surface area contributed by atoms with Crippen molar-refractivity contribution in [3.8, 4) is 11.1 Å². The second-order valence-electron chi connectivity index (χ2n) is 5.13. The second kappa shape index (κ2) is 4.70. The number of aromatic amines is 1. The molecule has 5 nitrogen and oxygen atoms in total. The van der Waals surface area contributed by atoms with E-state index in [1.165, 1.54) is 6.92 Å². The Labute approximate surface area is 121 Å². The second-order valence-corrected chi connectivity index (χ2v) is 5.13. The lowest BCUT2D eigenvalue weighted by molar-refractivity contribution is 0.101. The van der Waals surface area contributed by atoms with Gasteiger partial charge in [0.05, 0.1) is 17.4 Å².